The van der Waals surface area contributed by atoms with E-state index < -0.39 is 0 Å². The Kier molecular flexibility index (Phi) is 3.50. The first kappa shape index (κ1) is 11.5. The molecule has 0 atom stereocenters. The average Bonchev–Trinajstić information content (AvgIpc) is 2.30. The number of rotatable bonds is 2. The van der Waals surface area contributed by atoms with Crippen molar-refractivity contribution >= 4 is 26.5 Å². The van der Waals surface area contributed by atoms with Crippen molar-refractivity contribution in [3.8, 4) is 16.9 Å². The molecule has 2 aromatic carbocycles. The summed E-state index contributed by atoms with van der Waals surface area (Å²) in [6, 6.07) is 12.4. The van der Waals surface area contributed by atoms with E-state index in [-0.39, 0.29) is 5.82 Å². The zero-order chi connectivity index (χ0) is 11.5. The topological polar surface area (TPSA) is 9.23 Å². The van der Waals surface area contributed by atoms with Crippen molar-refractivity contribution in [3.05, 3.63) is 48.3 Å². The van der Waals surface area contributed by atoms with Crippen LogP contribution in [0.3, 0.4) is 0 Å². The average molecular weight is 323 g/mol. The van der Waals surface area contributed by atoms with E-state index in [0.717, 1.165) is 20.4 Å². The van der Waals surface area contributed by atoms with Crippen LogP contribution < -0.4 is 8.25 Å². The molecule has 0 bridgehead atoms. The maximum absolute atomic E-state index is 13.1. The van der Waals surface area contributed by atoms with Gasteiger partial charge in [-0.15, -0.1) is 0 Å². The first-order valence-electron chi connectivity index (χ1n) is 4.83. The first-order chi connectivity index (χ1) is 7.70. The molecule has 0 amide bonds. The molecule has 0 saturated carbocycles. The van der Waals surface area contributed by atoms with Gasteiger partial charge in [0.15, 0.2) is 0 Å². The van der Waals surface area contributed by atoms with Crippen LogP contribution in [-0.2, 0) is 0 Å². The van der Waals surface area contributed by atoms with Crippen molar-refractivity contribution < 1.29 is 9.13 Å². The van der Waals surface area contributed by atoms with Gasteiger partial charge in [-0.2, -0.15) is 0 Å². The molecule has 0 heterocycles. The Morgan fingerprint density at radius 2 is 1.94 bits per heavy atom. The Balaban J connectivity index is 2.54. The summed E-state index contributed by atoms with van der Waals surface area (Å²) in [6.07, 6.45) is 0. The molecule has 0 aliphatic carbocycles. The van der Waals surface area contributed by atoms with Crippen LogP contribution in [0, 0.1) is 5.82 Å². The fourth-order valence-electron chi connectivity index (χ4n) is 1.53. The predicted molar refractivity (Wildman–Crippen MR) is 63.8 cm³/mol. The van der Waals surface area contributed by atoms with E-state index >= 15 is 0 Å². The summed E-state index contributed by atoms with van der Waals surface area (Å²) in [7, 11) is 1.63. The van der Waals surface area contributed by atoms with Gasteiger partial charge in [0.1, 0.15) is 0 Å². The summed E-state index contributed by atoms with van der Waals surface area (Å²) in [5.74, 6) is 0.573. The minimum atomic E-state index is -0.217. The van der Waals surface area contributed by atoms with Crippen molar-refractivity contribution in [1.29, 1.82) is 0 Å². The fraction of sp³-hybridized carbons (Fsp3) is 0.0769. The van der Waals surface area contributed by atoms with Crippen LogP contribution in [-0.4, -0.2) is 30.1 Å². The van der Waals surface area contributed by atoms with Gasteiger partial charge in [0.2, 0.25) is 0 Å². The molecule has 0 N–H and O–H groups in total. The van der Waals surface area contributed by atoms with Crippen molar-refractivity contribution in [1.82, 2.24) is 0 Å². The zero-order valence-electron chi connectivity index (χ0n) is 8.77. The SMILES string of the molecule is COc1cc[c]([Sb])c(-c2cccc(F)c2)c1. The molecular formula is C13H10FOSb. The third kappa shape index (κ3) is 2.38. The molecule has 2 aromatic rings. The fourth-order valence-corrected chi connectivity index (χ4v) is 2.29. The summed E-state index contributed by atoms with van der Waals surface area (Å²) in [5.41, 5.74) is 1.91. The number of halogens is 1. The monoisotopic (exact) mass is 322 g/mol. The van der Waals surface area contributed by atoms with Crippen LogP contribution in [0.25, 0.3) is 11.1 Å². The molecule has 0 aliphatic rings. The number of hydrogen-bond acceptors (Lipinski definition) is 1. The van der Waals surface area contributed by atoms with Gasteiger partial charge in [0, 0.05) is 0 Å². The quantitative estimate of drug-likeness (QED) is 0.771. The van der Waals surface area contributed by atoms with E-state index in [2.05, 4.69) is 0 Å². The van der Waals surface area contributed by atoms with E-state index in [0.29, 0.717) is 0 Å². The van der Waals surface area contributed by atoms with E-state index in [4.69, 9.17) is 4.74 Å². The van der Waals surface area contributed by atoms with E-state index in [1.165, 1.54) is 12.1 Å². The van der Waals surface area contributed by atoms with Gasteiger partial charge in [-0.05, 0) is 0 Å². The number of ether oxygens (including phenoxy) is 1. The second-order valence-electron chi connectivity index (χ2n) is 3.39. The van der Waals surface area contributed by atoms with E-state index in [9.17, 15) is 4.39 Å². The Hall–Kier alpha value is -1.01. The Labute approximate surface area is 108 Å². The van der Waals surface area contributed by atoms with Crippen molar-refractivity contribution in [2.75, 3.05) is 7.11 Å². The third-order valence-electron chi connectivity index (χ3n) is 2.34. The van der Waals surface area contributed by atoms with Crippen LogP contribution in [0.5, 0.6) is 5.75 Å². The molecular weight excluding hydrogens is 313 g/mol. The van der Waals surface area contributed by atoms with Crippen LogP contribution >= 0.6 is 0 Å². The van der Waals surface area contributed by atoms with Crippen LogP contribution in [0.2, 0.25) is 0 Å². The Morgan fingerprint density at radius 3 is 2.62 bits per heavy atom. The molecule has 3 heteroatoms. The molecule has 0 saturated heterocycles. The van der Waals surface area contributed by atoms with Gasteiger partial charge in [-0.25, -0.2) is 0 Å². The van der Waals surface area contributed by atoms with Crippen molar-refractivity contribution in [2.24, 2.45) is 0 Å². The van der Waals surface area contributed by atoms with Gasteiger partial charge in [0.05, 0.1) is 0 Å². The summed E-state index contributed by atoms with van der Waals surface area (Å²) >= 11 is 1.61. The van der Waals surface area contributed by atoms with Gasteiger partial charge in [-0.3, -0.25) is 0 Å². The van der Waals surface area contributed by atoms with E-state index in [1.54, 1.807) is 36.2 Å². The van der Waals surface area contributed by atoms with Crippen LogP contribution in [0.15, 0.2) is 42.5 Å². The summed E-state index contributed by atoms with van der Waals surface area (Å²) < 4.78 is 19.5. The summed E-state index contributed by atoms with van der Waals surface area (Å²) in [5, 5.41) is 0. The maximum atomic E-state index is 13.1. The number of benzene rings is 2. The molecule has 2 radical (unpaired) electrons. The minimum absolute atomic E-state index is 0.217. The van der Waals surface area contributed by atoms with Gasteiger partial charge < -0.3 is 0 Å². The number of methoxy groups -OCH3 is 1. The molecule has 0 spiro atoms. The second-order valence-corrected chi connectivity index (χ2v) is 4.77. The standard InChI is InChI=1S/C13H10FO.Sb/c1-15-13-7-3-5-11(9-13)10-4-2-6-12(14)8-10;/h2-4,6-9H,1H3;. The molecule has 1 nitrogen and oxygen atoms in total. The van der Waals surface area contributed by atoms with Gasteiger partial charge in [-0.1, -0.05) is 0 Å². The van der Waals surface area contributed by atoms with Crippen LogP contribution in [0.1, 0.15) is 0 Å². The van der Waals surface area contributed by atoms with E-state index in [1.807, 2.05) is 24.3 Å². The third-order valence-corrected chi connectivity index (χ3v) is 3.45. The number of hydrogen-bond donors (Lipinski definition) is 0. The van der Waals surface area contributed by atoms with Crippen molar-refractivity contribution in [2.45, 2.75) is 0 Å². The summed E-state index contributed by atoms with van der Waals surface area (Å²) in [6.45, 7) is 0. The normalized spacial score (nSPS) is 10.2. The van der Waals surface area contributed by atoms with Gasteiger partial charge in [0.25, 0.3) is 0 Å². The Morgan fingerprint density at radius 1 is 1.12 bits per heavy atom. The summed E-state index contributed by atoms with van der Waals surface area (Å²) in [4.78, 5) is 0. The molecule has 16 heavy (non-hydrogen) atoms. The molecule has 0 aliphatic heterocycles. The van der Waals surface area contributed by atoms with Crippen molar-refractivity contribution in [3.63, 3.8) is 0 Å². The molecule has 0 unspecified atom stereocenters. The molecule has 2 rings (SSSR count). The first-order valence-corrected chi connectivity index (χ1v) is 6.11. The Bertz CT molecular complexity index is 511. The van der Waals surface area contributed by atoms with Crippen LogP contribution in [0.4, 0.5) is 4.39 Å². The molecule has 0 aromatic heterocycles. The second kappa shape index (κ2) is 4.88. The molecule has 0 fully saturated rings. The predicted octanol–water partition coefficient (Wildman–Crippen LogP) is 2.30. The zero-order valence-corrected chi connectivity index (χ0v) is 11.3. The van der Waals surface area contributed by atoms with Gasteiger partial charge >= 0.3 is 108 Å². The molecule has 80 valence electrons.